The average Bonchev–Trinajstić information content (AvgIpc) is 2.59. The van der Waals surface area contributed by atoms with Crippen molar-refractivity contribution in [1.29, 1.82) is 0 Å². The van der Waals surface area contributed by atoms with Crippen LogP contribution in [0.5, 0.6) is 5.75 Å². The fourth-order valence-electron chi connectivity index (χ4n) is 4.30. The molecule has 162 valence electrons. The van der Waals surface area contributed by atoms with Gasteiger partial charge < -0.3 is 15.2 Å². The van der Waals surface area contributed by atoms with Gasteiger partial charge in [-0.3, -0.25) is 0 Å². The predicted octanol–water partition coefficient (Wildman–Crippen LogP) is 7.38. The topological polar surface area (TPSA) is 44.5 Å². The van der Waals surface area contributed by atoms with Gasteiger partial charge in [0.05, 0.1) is 18.8 Å². The molecule has 3 heteroatoms. The largest absolute Gasteiger partial charge is 0.493 e. The minimum absolute atomic E-state index is 0.202. The van der Waals surface area contributed by atoms with Gasteiger partial charge >= 0.3 is 0 Å². The van der Waals surface area contributed by atoms with E-state index in [2.05, 4.69) is 41.5 Å². The smallest absolute Gasteiger partial charge is 0.126 e. The van der Waals surface area contributed by atoms with Crippen LogP contribution in [0.25, 0.3) is 0 Å². The average molecular weight is 392 g/mol. The van der Waals surface area contributed by atoms with E-state index in [9.17, 15) is 0 Å². The molecule has 1 unspecified atom stereocenters. The van der Waals surface area contributed by atoms with Crippen molar-refractivity contribution in [3.8, 4) is 5.75 Å². The van der Waals surface area contributed by atoms with Gasteiger partial charge in [-0.2, -0.15) is 0 Å². The molecule has 0 fully saturated rings. The number of hydrogen-bond acceptors (Lipinski definition) is 3. The summed E-state index contributed by atoms with van der Waals surface area (Å²) in [7, 11) is 0. The first-order valence-corrected chi connectivity index (χ1v) is 11.3. The molecule has 0 aliphatic heterocycles. The van der Waals surface area contributed by atoms with Gasteiger partial charge in [0.2, 0.25) is 0 Å². The predicted molar refractivity (Wildman–Crippen MR) is 122 cm³/mol. The van der Waals surface area contributed by atoms with E-state index < -0.39 is 0 Å². The zero-order valence-corrected chi connectivity index (χ0v) is 19.6. The van der Waals surface area contributed by atoms with Gasteiger partial charge in [0.25, 0.3) is 0 Å². The third-order valence-corrected chi connectivity index (χ3v) is 5.72. The third-order valence-electron chi connectivity index (χ3n) is 5.72. The monoisotopic (exact) mass is 391 g/mol. The second-order valence-electron chi connectivity index (χ2n) is 9.67. The van der Waals surface area contributed by atoms with Gasteiger partial charge in [-0.05, 0) is 44.6 Å². The second kappa shape index (κ2) is 11.7. The Bertz CT molecular complexity index is 560. The Balaban J connectivity index is 2.74. The first-order chi connectivity index (χ1) is 13.1. The molecule has 28 heavy (non-hydrogen) atoms. The fourth-order valence-corrected chi connectivity index (χ4v) is 4.30. The van der Waals surface area contributed by atoms with E-state index in [-0.39, 0.29) is 11.0 Å². The number of nitrogens with two attached hydrogens (primary N) is 1. The number of rotatable bonds is 13. The quantitative estimate of drug-likeness (QED) is 0.282. The molecule has 0 aromatic heterocycles. The molecule has 1 aromatic carbocycles. The standard InChI is InChI=1S/C25H45NO2/c1-8-10-11-12-13-14-15-23(24(3,4)5)25(6,7)28-19-20-16-17-21(26)18-22(20)27-9-2/h16-18,23H,8-15,19,26H2,1-7H3. The Kier molecular flexibility index (Phi) is 10.4. The Morgan fingerprint density at radius 1 is 0.929 bits per heavy atom. The lowest BCUT2D eigenvalue weighted by Crippen LogP contribution is -2.42. The van der Waals surface area contributed by atoms with E-state index in [0.717, 1.165) is 17.0 Å². The minimum Gasteiger partial charge on any atom is -0.493 e. The van der Waals surface area contributed by atoms with Gasteiger partial charge in [0.1, 0.15) is 5.75 Å². The van der Waals surface area contributed by atoms with Crippen molar-refractivity contribution in [3.63, 3.8) is 0 Å². The van der Waals surface area contributed by atoms with Crippen molar-refractivity contribution in [1.82, 2.24) is 0 Å². The van der Waals surface area contributed by atoms with E-state index in [4.69, 9.17) is 15.2 Å². The molecule has 0 aliphatic carbocycles. The van der Waals surface area contributed by atoms with Crippen LogP contribution in [0.2, 0.25) is 0 Å². The van der Waals surface area contributed by atoms with Gasteiger partial charge in [0, 0.05) is 17.3 Å². The summed E-state index contributed by atoms with van der Waals surface area (Å²) in [5.74, 6) is 1.33. The molecule has 0 saturated heterocycles. The lowest BCUT2D eigenvalue weighted by atomic mass is 9.69. The first kappa shape index (κ1) is 24.8. The van der Waals surface area contributed by atoms with E-state index >= 15 is 0 Å². The summed E-state index contributed by atoms with van der Waals surface area (Å²) in [5, 5.41) is 0. The van der Waals surface area contributed by atoms with Crippen molar-refractivity contribution in [3.05, 3.63) is 23.8 Å². The van der Waals surface area contributed by atoms with Crippen LogP contribution in [0.15, 0.2) is 18.2 Å². The molecule has 1 atom stereocenters. The van der Waals surface area contributed by atoms with E-state index in [1.54, 1.807) is 0 Å². The summed E-state index contributed by atoms with van der Waals surface area (Å²) in [4.78, 5) is 0. The van der Waals surface area contributed by atoms with Crippen LogP contribution >= 0.6 is 0 Å². The molecule has 0 saturated carbocycles. The van der Waals surface area contributed by atoms with Crippen LogP contribution < -0.4 is 10.5 Å². The van der Waals surface area contributed by atoms with Crippen LogP contribution in [0, 0.1) is 11.3 Å². The van der Waals surface area contributed by atoms with Crippen molar-refractivity contribution in [2.75, 3.05) is 12.3 Å². The van der Waals surface area contributed by atoms with Gasteiger partial charge in [0.15, 0.2) is 0 Å². The van der Waals surface area contributed by atoms with Gasteiger partial charge in [-0.15, -0.1) is 0 Å². The molecule has 0 heterocycles. The molecule has 1 rings (SSSR count). The third kappa shape index (κ3) is 8.43. The number of anilines is 1. The summed E-state index contributed by atoms with van der Waals surface area (Å²) in [5.41, 5.74) is 7.72. The lowest BCUT2D eigenvalue weighted by molar-refractivity contribution is -0.104. The minimum atomic E-state index is -0.202. The molecular weight excluding hydrogens is 346 g/mol. The number of nitrogen functional groups attached to an aromatic ring is 1. The van der Waals surface area contributed by atoms with Crippen LogP contribution in [0.4, 0.5) is 5.69 Å². The van der Waals surface area contributed by atoms with Crippen LogP contribution in [-0.4, -0.2) is 12.2 Å². The van der Waals surface area contributed by atoms with Gasteiger partial charge in [-0.1, -0.05) is 72.3 Å². The molecule has 0 bridgehead atoms. The zero-order valence-electron chi connectivity index (χ0n) is 19.6. The fraction of sp³-hybridized carbons (Fsp3) is 0.760. The Morgan fingerprint density at radius 2 is 1.57 bits per heavy atom. The van der Waals surface area contributed by atoms with Crippen molar-refractivity contribution < 1.29 is 9.47 Å². The zero-order chi connectivity index (χ0) is 21.2. The van der Waals surface area contributed by atoms with Gasteiger partial charge in [-0.25, -0.2) is 0 Å². The molecule has 3 nitrogen and oxygen atoms in total. The highest BCUT2D eigenvalue weighted by Crippen LogP contribution is 2.41. The number of hydrogen-bond donors (Lipinski definition) is 1. The lowest BCUT2D eigenvalue weighted by Gasteiger charge is -2.43. The second-order valence-corrected chi connectivity index (χ2v) is 9.67. The number of benzene rings is 1. The van der Waals surface area contributed by atoms with Crippen LogP contribution in [0.1, 0.15) is 99.0 Å². The van der Waals surface area contributed by atoms with Crippen molar-refractivity contribution in [2.45, 2.75) is 106 Å². The summed E-state index contributed by atoms with van der Waals surface area (Å²) < 4.78 is 12.3. The first-order valence-electron chi connectivity index (χ1n) is 11.3. The Hall–Kier alpha value is -1.22. The molecule has 0 aliphatic rings. The maximum absolute atomic E-state index is 6.51. The SMILES string of the molecule is CCCCCCCCC(C(C)(C)C)C(C)(C)OCc1ccc(N)cc1OCC. The molecule has 0 spiro atoms. The highest BCUT2D eigenvalue weighted by molar-refractivity contribution is 5.48. The Labute approximate surface area is 174 Å². The highest BCUT2D eigenvalue weighted by Gasteiger charge is 2.38. The molecule has 0 radical (unpaired) electrons. The highest BCUT2D eigenvalue weighted by atomic mass is 16.5. The maximum atomic E-state index is 6.51. The van der Waals surface area contributed by atoms with Crippen LogP contribution in [-0.2, 0) is 11.3 Å². The molecule has 1 aromatic rings. The van der Waals surface area contributed by atoms with Crippen LogP contribution in [0.3, 0.4) is 0 Å². The maximum Gasteiger partial charge on any atom is 0.126 e. The van der Waals surface area contributed by atoms with E-state index in [1.807, 2.05) is 25.1 Å². The summed E-state index contributed by atoms with van der Waals surface area (Å²) in [6.45, 7) is 17.0. The van der Waals surface area contributed by atoms with Crippen molar-refractivity contribution in [2.24, 2.45) is 11.3 Å². The normalized spacial score (nSPS) is 13.5. The summed E-state index contributed by atoms with van der Waals surface area (Å²) in [6.07, 6.45) is 9.22. The van der Waals surface area contributed by atoms with E-state index in [0.29, 0.717) is 19.1 Å². The van der Waals surface area contributed by atoms with Crippen molar-refractivity contribution >= 4 is 5.69 Å². The molecule has 0 amide bonds. The number of ether oxygens (including phenoxy) is 2. The number of unbranched alkanes of at least 4 members (excludes halogenated alkanes) is 5. The summed E-state index contributed by atoms with van der Waals surface area (Å²) in [6, 6.07) is 5.84. The summed E-state index contributed by atoms with van der Waals surface area (Å²) >= 11 is 0. The molecular formula is C25H45NO2. The van der Waals surface area contributed by atoms with E-state index in [1.165, 1.54) is 44.9 Å². The molecule has 2 N–H and O–H groups in total. The Morgan fingerprint density at radius 3 is 2.18 bits per heavy atom.